The van der Waals surface area contributed by atoms with E-state index in [1.807, 2.05) is 12.1 Å². The van der Waals surface area contributed by atoms with E-state index in [4.69, 9.17) is 14.2 Å². The highest BCUT2D eigenvalue weighted by Crippen LogP contribution is 2.26. The van der Waals surface area contributed by atoms with Crippen LogP contribution in [0, 0.1) is 0 Å². The highest BCUT2D eigenvalue weighted by atomic mass is 16.5. The molecule has 0 aliphatic carbocycles. The Morgan fingerprint density at radius 1 is 0.939 bits per heavy atom. The third-order valence-electron chi connectivity index (χ3n) is 5.75. The summed E-state index contributed by atoms with van der Waals surface area (Å²) in [6.45, 7) is 2.71. The van der Waals surface area contributed by atoms with Crippen molar-refractivity contribution in [3.05, 3.63) is 48.0 Å². The van der Waals surface area contributed by atoms with Crippen LogP contribution in [0.5, 0.6) is 17.4 Å². The summed E-state index contributed by atoms with van der Waals surface area (Å²) in [5, 5.41) is 5.83. The minimum atomic E-state index is -0.321. The van der Waals surface area contributed by atoms with Crippen LogP contribution < -0.4 is 24.8 Å². The van der Waals surface area contributed by atoms with Gasteiger partial charge in [-0.1, -0.05) is 12.1 Å². The number of ether oxygens (including phenoxy) is 3. The van der Waals surface area contributed by atoms with Crippen LogP contribution in [0.4, 0.5) is 10.6 Å². The molecule has 0 unspecified atom stereocenters. The normalized spacial score (nSPS) is 14.6. The molecular weight excluding hydrogens is 422 g/mol. The zero-order valence-corrected chi connectivity index (χ0v) is 19.1. The van der Waals surface area contributed by atoms with Crippen molar-refractivity contribution in [3.63, 3.8) is 0 Å². The van der Waals surface area contributed by atoms with Crippen molar-refractivity contribution < 1.29 is 19.0 Å². The van der Waals surface area contributed by atoms with E-state index in [-0.39, 0.29) is 23.8 Å². The molecule has 1 aliphatic rings. The zero-order chi connectivity index (χ0) is 23.2. The summed E-state index contributed by atoms with van der Waals surface area (Å²) in [6.07, 6.45) is 1.75. The van der Waals surface area contributed by atoms with Gasteiger partial charge in [0, 0.05) is 31.7 Å². The average molecular weight is 452 g/mol. The number of amides is 2. The quantitative estimate of drug-likeness (QED) is 0.568. The lowest BCUT2D eigenvalue weighted by atomic mass is 10.0. The number of piperidine rings is 1. The first-order valence-corrected chi connectivity index (χ1v) is 10.9. The second kappa shape index (κ2) is 10.4. The molecule has 9 heteroatoms. The molecule has 0 radical (unpaired) electrons. The van der Waals surface area contributed by atoms with E-state index in [1.54, 1.807) is 32.4 Å². The summed E-state index contributed by atoms with van der Waals surface area (Å²) < 4.78 is 15.8. The Labute approximate surface area is 193 Å². The molecule has 2 N–H and O–H groups in total. The Bertz CT molecular complexity index is 1100. The zero-order valence-electron chi connectivity index (χ0n) is 19.1. The number of hydrogen-bond acceptors (Lipinski definition) is 7. The number of rotatable bonds is 7. The lowest BCUT2D eigenvalue weighted by molar-refractivity contribution is 0.189. The molecule has 1 fully saturated rings. The number of likely N-dealkylation sites (tertiary alicyclic amines) is 1. The maximum Gasteiger partial charge on any atom is 0.320 e. The van der Waals surface area contributed by atoms with E-state index in [0.29, 0.717) is 16.8 Å². The molecule has 0 spiro atoms. The summed E-state index contributed by atoms with van der Waals surface area (Å²) in [7, 11) is 4.76. The van der Waals surface area contributed by atoms with Gasteiger partial charge in [-0.2, -0.15) is 0 Å². The van der Waals surface area contributed by atoms with Crippen molar-refractivity contribution >= 4 is 22.9 Å². The number of carbonyl (C=O) groups is 1. The van der Waals surface area contributed by atoms with Crippen molar-refractivity contribution in [2.75, 3.05) is 39.7 Å². The second-order valence-corrected chi connectivity index (χ2v) is 7.93. The van der Waals surface area contributed by atoms with Crippen LogP contribution in [-0.4, -0.2) is 61.4 Å². The third-order valence-corrected chi connectivity index (χ3v) is 5.75. The number of hydrogen-bond donors (Lipinski definition) is 2. The number of fused-ring (bicyclic) bond motifs is 1. The van der Waals surface area contributed by atoms with E-state index in [2.05, 4.69) is 37.6 Å². The molecule has 33 heavy (non-hydrogen) atoms. The molecule has 0 atom stereocenters. The minimum absolute atomic E-state index is 0.0941. The fraction of sp³-hybridized carbons (Fsp3) is 0.375. The minimum Gasteiger partial charge on any atom is -0.497 e. The summed E-state index contributed by atoms with van der Waals surface area (Å²) in [5.74, 6) is 2.06. The van der Waals surface area contributed by atoms with Gasteiger partial charge >= 0.3 is 6.03 Å². The molecule has 3 aromatic rings. The molecule has 1 saturated heterocycles. The monoisotopic (exact) mass is 451 g/mol. The number of benzene rings is 2. The fourth-order valence-electron chi connectivity index (χ4n) is 3.92. The van der Waals surface area contributed by atoms with E-state index >= 15 is 0 Å². The first-order chi connectivity index (χ1) is 16.1. The van der Waals surface area contributed by atoms with Crippen molar-refractivity contribution in [1.82, 2.24) is 20.2 Å². The number of nitrogens with one attached hydrogen (secondary N) is 2. The number of carbonyl (C=O) groups excluding carboxylic acids is 1. The topological polar surface area (TPSA) is 97.8 Å². The van der Waals surface area contributed by atoms with Crippen LogP contribution in [-0.2, 0) is 6.54 Å². The predicted octanol–water partition coefficient (Wildman–Crippen LogP) is 3.44. The molecule has 1 aromatic heterocycles. The Morgan fingerprint density at radius 2 is 1.64 bits per heavy atom. The SMILES string of the molecule is COc1ccc(CN2CCC(NC(=O)Nc3nc4cc(OC)ccc4nc3OC)CC2)cc1. The molecule has 2 amide bonds. The third kappa shape index (κ3) is 5.61. The number of urea groups is 1. The first kappa shape index (κ1) is 22.6. The summed E-state index contributed by atoms with van der Waals surface area (Å²) in [4.78, 5) is 24.0. The highest BCUT2D eigenvalue weighted by molar-refractivity contribution is 5.91. The van der Waals surface area contributed by atoms with Crippen molar-refractivity contribution in [2.45, 2.75) is 25.4 Å². The van der Waals surface area contributed by atoms with Gasteiger partial charge in [0.15, 0.2) is 5.82 Å². The summed E-state index contributed by atoms with van der Waals surface area (Å²) in [5.41, 5.74) is 2.51. The van der Waals surface area contributed by atoms with Gasteiger partial charge in [-0.3, -0.25) is 10.2 Å². The highest BCUT2D eigenvalue weighted by Gasteiger charge is 2.22. The van der Waals surface area contributed by atoms with E-state index in [1.165, 1.54) is 12.7 Å². The Morgan fingerprint density at radius 3 is 2.30 bits per heavy atom. The van der Waals surface area contributed by atoms with Gasteiger partial charge in [0.1, 0.15) is 11.5 Å². The van der Waals surface area contributed by atoms with Crippen LogP contribution in [0.2, 0.25) is 0 Å². The lowest BCUT2D eigenvalue weighted by Gasteiger charge is -2.32. The lowest BCUT2D eigenvalue weighted by Crippen LogP contribution is -2.45. The maximum absolute atomic E-state index is 12.6. The molecule has 2 aromatic carbocycles. The summed E-state index contributed by atoms with van der Waals surface area (Å²) >= 11 is 0. The van der Waals surface area contributed by atoms with Gasteiger partial charge in [0.25, 0.3) is 5.88 Å². The van der Waals surface area contributed by atoms with Crippen LogP contribution in [0.1, 0.15) is 18.4 Å². The van der Waals surface area contributed by atoms with Crippen LogP contribution in [0.15, 0.2) is 42.5 Å². The summed E-state index contributed by atoms with van der Waals surface area (Å²) in [6, 6.07) is 13.3. The van der Waals surface area contributed by atoms with Crippen molar-refractivity contribution in [3.8, 4) is 17.4 Å². The maximum atomic E-state index is 12.6. The van der Waals surface area contributed by atoms with Crippen LogP contribution >= 0.6 is 0 Å². The molecule has 2 heterocycles. The van der Waals surface area contributed by atoms with Gasteiger partial charge in [-0.05, 0) is 42.7 Å². The van der Waals surface area contributed by atoms with Crippen molar-refractivity contribution in [2.24, 2.45) is 0 Å². The van der Waals surface area contributed by atoms with E-state index in [0.717, 1.165) is 38.2 Å². The average Bonchev–Trinajstić information content (AvgIpc) is 2.85. The number of anilines is 1. The van der Waals surface area contributed by atoms with Gasteiger partial charge in [-0.15, -0.1) is 0 Å². The van der Waals surface area contributed by atoms with Crippen LogP contribution in [0.25, 0.3) is 11.0 Å². The van der Waals surface area contributed by atoms with Gasteiger partial charge in [-0.25, -0.2) is 14.8 Å². The van der Waals surface area contributed by atoms with Crippen LogP contribution in [0.3, 0.4) is 0 Å². The number of nitrogens with zero attached hydrogens (tertiary/aromatic N) is 3. The predicted molar refractivity (Wildman–Crippen MR) is 126 cm³/mol. The Balaban J connectivity index is 1.32. The molecule has 4 rings (SSSR count). The molecular formula is C24H29N5O4. The first-order valence-electron chi connectivity index (χ1n) is 10.9. The van der Waals surface area contributed by atoms with E-state index < -0.39 is 0 Å². The second-order valence-electron chi connectivity index (χ2n) is 7.93. The largest absolute Gasteiger partial charge is 0.497 e. The smallest absolute Gasteiger partial charge is 0.320 e. The molecule has 1 aliphatic heterocycles. The molecule has 0 saturated carbocycles. The van der Waals surface area contributed by atoms with Gasteiger partial charge < -0.3 is 19.5 Å². The fourth-order valence-corrected chi connectivity index (χ4v) is 3.92. The van der Waals surface area contributed by atoms with Gasteiger partial charge in [0.05, 0.1) is 32.4 Å². The molecule has 174 valence electrons. The molecule has 0 bridgehead atoms. The molecule has 9 nitrogen and oxygen atoms in total. The van der Waals surface area contributed by atoms with Gasteiger partial charge in [0.2, 0.25) is 0 Å². The van der Waals surface area contributed by atoms with E-state index in [9.17, 15) is 4.79 Å². The Hall–Kier alpha value is -3.59. The number of methoxy groups -OCH3 is 3. The number of aromatic nitrogens is 2. The van der Waals surface area contributed by atoms with Crippen molar-refractivity contribution in [1.29, 1.82) is 0 Å². The standard InChI is InChI=1S/C24H29N5O4/c1-31-18-6-4-16(5-7-18)15-29-12-10-17(11-13-29)25-24(30)28-22-23(33-3)27-20-9-8-19(32-2)14-21(20)26-22/h4-9,14,17H,10-13,15H2,1-3H3,(H2,25,26,28,30). The Kier molecular flexibility index (Phi) is 7.09.